The number of rotatable bonds is 8. The first-order chi connectivity index (χ1) is 16.5. The number of aromatic nitrogens is 3. The van der Waals surface area contributed by atoms with Crippen molar-refractivity contribution in [2.75, 3.05) is 19.5 Å². The van der Waals surface area contributed by atoms with Crippen LogP contribution in [-0.4, -0.2) is 52.3 Å². The van der Waals surface area contributed by atoms with Crippen LogP contribution in [0.25, 0.3) is 11.4 Å². The number of hydrogen-bond donors (Lipinski definition) is 2. The van der Waals surface area contributed by atoms with Crippen molar-refractivity contribution in [2.45, 2.75) is 63.2 Å². The van der Waals surface area contributed by atoms with Gasteiger partial charge in [0.2, 0.25) is 0 Å². The van der Waals surface area contributed by atoms with Gasteiger partial charge in [0, 0.05) is 17.5 Å². The maximum Gasteiger partial charge on any atom is 0.337 e. The zero-order valence-corrected chi connectivity index (χ0v) is 20.6. The number of ether oxygens (including phenoxy) is 2. The number of nitrogens with zero attached hydrogens (tertiary/aromatic N) is 3. The molecular formula is C24H31N5O4S. The molecular weight excluding hydrogens is 454 g/mol. The molecule has 2 aliphatic rings. The van der Waals surface area contributed by atoms with Crippen LogP contribution in [0.3, 0.4) is 0 Å². The third-order valence-electron chi connectivity index (χ3n) is 6.16. The highest BCUT2D eigenvalue weighted by Crippen LogP contribution is 2.38. The number of urea groups is 1. The summed E-state index contributed by atoms with van der Waals surface area (Å²) >= 11 is 1.46. The van der Waals surface area contributed by atoms with E-state index >= 15 is 0 Å². The molecule has 0 radical (unpaired) electrons. The number of methoxy groups -OCH3 is 1. The molecule has 1 saturated carbocycles. The fraction of sp³-hybridized carbons (Fsp3) is 0.500. The summed E-state index contributed by atoms with van der Waals surface area (Å²) in [6.45, 7) is 3.81. The summed E-state index contributed by atoms with van der Waals surface area (Å²) in [6, 6.07) is 7.32. The molecule has 9 nitrogen and oxygen atoms in total. The second kappa shape index (κ2) is 10.9. The van der Waals surface area contributed by atoms with Gasteiger partial charge in [0.15, 0.2) is 11.0 Å². The first-order valence-corrected chi connectivity index (χ1v) is 12.7. The van der Waals surface area contributed by atoms with Crippen LogP contribution in [0.4, 0.5) is 4.79 Å². The van der Waals surface area contributed by atoms with E-state index in [4.69, 9.17) is 9.47 Å². The van der Waals surface area contributed by atoms with Gasteiger partial charge >= 0.3 is 12.0 Å². The SMILES string of the molecule is CCOC(=O)C1=C(CSc2nnc(-c3ccccc3OC)n2C2CCCCC2)NC(=O)N[C@@H]1C. The van der Waals surface area contributed by atoms with E-state index in [0.29, 0.717) is 17.0 Å². The minimum Gasteiger partial charge on any atom is -0.496 e. The van der Waals surface area contributed by atoms with Gasteiger partial charge in [-0.3, -0.25) is 4.57 Å². The normalized spacial score (nSPS) is 18.9. The fourth-order valence-electron chi connectivity index (χ4n) is 4.59. The van der Waals surface area contributed by atoms with Gasteiger partial charge in [-0.2, -0.15) is 0 Å². The highest BCUT2D eigenvalue weighted by Gasteiger charge is 2.31. The minimum absolute atomic E-state index is 0.266. The van der Waals surface area contributed by atoms with Crippen molar-refractivity contribution >= 4 is 23.8 Å². The van der Waals surface area contributed by atoms with Gasteiger partial charge in [-0.15, -0.1) is 10.2 Å². The smallest absolute Gasteiger partial charge is 0.337 e. The van der Waals surface area contributed by atoms with Crippen LogP contribution in [0.1, 0.15) is 52.0 Å². The molecule has 1 aliphatic carbocycles. The number of hydrogen-bond acceptors (Lipinski definition) is 7. The number of benzene rings is 1. The monoisotopic (exact) mass is 485 g/mol. The van der Waals surface area contributed by atoms with Crippen LogP contribution in [0.15, 0.2) is 40.7 Å². The Labute approximate surface area is 203 Å². The third-order valence-corrected chi connectivity index (χ3v) is 7.13. The maximum atomic E-state index is 12.6. The predicted molar refractivity (Wildman–Crippen MR) is 130 cm³/mol. The Morgan fingerprint density at radius 2 is 1.97 bits per heavy atom. The Morgan fingerprint density at radius 3 is 2.71 bits per heavy atom. The Balaban J connectivity index is 1.69. The molecule has 2 heterocycles. The van der Waals surface area contributed by atoms with Gasteiger partial charge in [-0.05, 0) is 38.8 Å². The van der Waals surface area contributed by atoms with E-state index in [1.165, 1.54) is 18.2 Å². The van der Waals surface area contributed by atoms with Crippen LogP contribution < -0.4 is 15.4 Å². The Morgan fingerprint density at radius 1 is 1.21 bits per heavy atom. The number of thioether (sulfide) groups is 1. The minimum atomic E-state index is -0.441. The van der Waals surface area contributed by atoms with Gasteiger partial charge in [-0.25, -0.2) is 9.59 Å². The first-order valence-electron chi connectivity index (χ1n) is 11.7. The lowest BCUT2D eigenvalue weighted by Gasteiger charge is -2.27. The summed E-state index contributed by atoms with van der Waals surface area (Å²) in [5.74, 6) is 1.45. The maximum absolute atomic E-state index is 12.6. The molecule has 1 aromatic heterocycles. The van der Waals surface area contributed by atoms with Gasteiger partial charge in [0.05, 0.1) is 30.9 Å². The average Bonchev–Trinajstić information content (AvgIpc) is 3.26. The molecule has 2 aromatic rings. The van der Waals surface area contributed by atoms with Crippen molar-refractivity contribution in [3.8, 4) is 17.1 Å². The molecule has 10 heteroatoms. The molecule has 182 valence electrons. The van der Waals surface area contributed by atoms with Gasteiger partial charge in [-0.1, -0.05) is 43.2 Å². The standard InChI is InChI=1S/C24H31N5O4S/c1-4-33-22(30)20-15(2)25-23(31)26-18(20)14-34-24-28-27-21(17-12-8-9-13-19(17)32-3)29(24)16-10-6-5-7-11-16/h8-9,12-13,15-16H,4-7,10-11,14H2,1-3H3,(H2,25,26,31)/t15-/m1/s1. The van der Waals surface area contributed by atoms with Crippen LogP contribution in [0.2, 0.25) is 0 Å². The lowest BCUT2D eigenvalue weighted by molar-refractivity contribution is -0.138. The van der Waals surface area contributed by atoms with Crippen molar-refractivity contribution in [1.29, 1.82) is 0 Å². The molecule has 1 aromatic carbocycles. The first kappa shape index (κ1) is 24.1. The van der Waals surface area contributed by atoms with Crippen LogP contribution in [0.5, 0.6) is 5.75 Å². The Kier molecular flexibility index (Phi) is 7.77. The van der Waals surface area contributed by atoms with E-state index in [0.717, 1.165) is 48.0 Å². The number of para-hydroxylation sites is 1. The zero-order valence-electron chi connectivity index (χ0n) is 19.8. The van der Waals surface area contributed by atoms with E-state index < -0.39 is 12.0 Å². The summed E-state index contributed by atoms with van der Waals surface area (Å²) in [4.78, 5) is 24.7. The topological polar surface area (TPSA) is 107 Å². The van der Waals surface area contributed by atoms with Crippen molar-refractivity contribution in [3.63, 3.8) is 0 Å². The molecule has 0 unspecified atom stereocenters. The number of amides is 2. The highest BCUT2D eigenvalue weighted by atomic mass is 32.2. The number of carbonyl (C=O) groups is 2. The molecule has 0 spiro atoms. The summed E-state index contributed by atoms with van der Waals surface area (Å²) in [5.41, 5.74) is 1.87. The summed E-state index contributed by atoms with van der Waals surface area (Å²) in [7, 11) is 1.65. The molecule has 0 saturated heterocycles. The zero-order chi connectivity index (χ0) is 24.1. The molecule has 4 rings (SSSR count). The molecule has 34 heavy (non-hydrogen) atoms. The molecule has 0 bridgehead atoms. The van der Waals surface area contributed by atoms with Crippen LogP contribution >= 0.6 is 11.8 Å². The van der Waals surface area contributed by atoms with E-state index in [-0.39, 0.29) is 18.7 Å². The fourth-order valence-corrected chi connectivity index (χ4v) is 5.56. The van der Waals surface area contributed by atoms with Crippen molar-refractivity contribution in [3.05, 3.63) is 35.5 Å². The predicted octanol–water partition coefficient (Wildman–Crippen LogP) is 4.07. The molecule has 1 aliphatic heterocycles. The molecule has 2 amide bonds. The van der Waals surface area contributed by atoms with Gasteiger partial charge in [0.1, 0.15) is 5.75 Å². The lowest BCUT2D eigenvalue weighted by Crippen LogP contribution is -2.49. The second-order valence-corrected chi connectivity index (χ2v) is 9.33. The highest BCUT2D eigenvalue weighted by molar-refractivity contribution is 7.99. The average molecular weight is 486 g/mol. The van der Waals surface area contributed by atoms with E-state index in [2.05, 4.69) is 25.4 Å². The molecule has 1 atom stereocenters. The van der Waals surface area contributed by atoms with Crippen molar-refractivity contribution < 1.29 is 19.1 Å². The van der Waals surface area contributed by atoms with E-state index in [1.807, 2.05) is 24.3 Å². The third kappa shape index (κ3) is 5.06. The lowest BCUT2D eigenvalue weighted by atomic mass is 9.95. The second-order valence-electron chi connectivity index (χ2n) is 8.39. The van der Waals surface area contributed by atoms with Gasteiger partial charge in [0.25, 0.3) is 0 Å². The van der Waals surface area contributed by atoms with E-state index in [1.54, 1.807) is 21.0 Å². The summed E-state index contributed by atoms with van der Waals surface area (Å²) in [6.07, 6.45) is 5.67. The number of carbonyl (C=O) groups excluding carboxylic acids is 2. The number of nitrogens with one attached hydrogen (secondary N) is 2. The largest absolute Gasteiger partial charge is 0.496 e. The summed E-state index contributed by atoms with van der Waals surface area (Å²) in [5, 5.41) is 15.4. The summed E-state index contributed by atoms with van der Waals surface area (Å²) < 4.78 is 13.0. The quantitative estimate of drug-likeness (QED) is 0.429. The van der Waals surface area contributed by atoms with Crippen molar-refractivity contribution in [1.82, 2.24) is 25.4 Å². The van der Waals surface area contributed by atoms with Gasteiger partial charge < -0.3 is 20.1 Å². The Bertz CT molecular complexity index is 1080. The van der Waals surface area contributed by atoms with Crippen LogP contribution in [-0.2, 0) is 9.53 Å². The molecule has 2 N–H and O–H groups in total. The van der Waals surface area contributed by atoms with Crippen molar-refractivity contribution in [2.24, 2.45) is 0 Å². The molecule has 1 fully saturated rings. The van der Waals surface area contributed by atoms with Crippen LogP contribution in [0, 0.1) is 0 Å². The van der Waals surface area contributed by atoms with E-state index in [9.17, 15) is 9.59 Å². The number of esters is 1. The Hall–Kier alpha value is -3.01.